The first-order chi connectivity index (χ1) is 15.3. The lowest BCUT2D eigenvalue weighted by molar-refractivity contribution is 0.312. The van der Waals surface area contributed by atoms with Crippen molar-refractivity contribution in [2.75, 3.05) is 0 Å². The van der Waals surface area contributed by atoms with Crippen LogP contribution in [0.2, 0.25) is 0 Å². The molecule has 1 atom stereocenters. The van der Waals surface area contributed by atoms with Crippen molar-refractivity contribution in [1.29, 1.82) is 0 Å². The van der Waals surface area contributed by atoms with Gasteiger partial charge in [0.15, 0.2) is 0 Å². The molecule has 2 aliphatic rings. The van der Waals surface area contributed by atoms with Gasteiger partial charge in [0.1, 0.15) is 0 Å². The van der Waals surface area contributed by atoms with Crippen molar-refractivity contribution < 1.29 is 0 Å². The average Bonchev–Trinajstić information content (AvgIpc) is 2.83. The molecule has 164 valence electrons. The van der Waals surface area contributed by atoms with Gasteiger partial charge in [-0.1, -0.05) is 60.7 Å². The Morgan fingerprint density at radius 3 is 2.29 bits per heavy atom. The van der Waals surface area contributed by atoms with E-state index < -0.39 is 0 Å². The zero-order valence-electron chi connectivity index (χ0n) is 19.5. The minimum Gasteiger partial charge on any atom is -0.103 e. The molecule has 0 aromatic heterocycles. The van der Waals surface area contributed by atoms with Crippen LogP contribution >= 0.6 is 0 Å². The number of hydrogen-bond donors (Lipinski definition) is 0. The van der Waals surface area contributed by atoms with Gasteiger partial charge < -0.3 is 0 Å². The Bertz CT molecular complexity index is 861. The Kier molecular flexibility index (Phi) is 7.84. The highest BCUT2D eigenvalue weighted by molar-refractivity contribution is 5.65. The van der Waals surface area contributed by atoms with E-state index in [9.17, 15) is 0 Å². The van der Waals surface area contributed by atoms with Crippen molar-refractivity contribution in [2.24, 2.45) is 11.8 Å². The quantitative estimate of drug-likeness (QED) is 0.379. The lowest BCUT2D eigenvalue weighted by Gasteiger charge is -2.28. The van der Waals surface area contributed by atoms with Crippen LogP contribution in [0.1, 0.15) is 87.3 Å². The van der Waals surface area contributed by atoms with Crippen LogP contribution in [-0.2, 0) is 12.8 Å². The van der Waals surface area contributed by atoms with Crippen molar-refractivity contribution in [3.05, 3.63) is 84.0 Å². The first-order valence-electron chi connectivity index (χ1n) is 12.7. The summed E-state index contributed by atoms with van der Waals surface area (Å²) in [5, 5.41) is 0. The standard InChI is InChI=1S/C31H40/c1-3-5-7-9-25-12-15-31-23-30(21-20-29(31)22-25)28-18-16-27(17-19-28)26-13-10-24(11-14-26)8-6-4-2/h3-5,16-21,23-26H,2,6-15,22H2,1H3/b5-3+. The van der Waals surface area contributed by atoms with E-state index in [2.05, 4.69) is 74.2 Å². The second kappa shape index (κ2) is 11.0. The third-order valence-electron chi connectivity index (χ3n) is 7.86. The maximum Gasteiger partial charge on any atom is -0.0162 e. The fraction of sp³-hybridized carbons (Fsp3) is 0.484. The lowest BCUT2D eigenvalue weighted by Crippen LogP contribution is -2.14. The van der Waals surface area contributed by atoms with Crippen LogP contribution in [0.25, 0.3) is 11.1 Å². The molecule has 2 aromatic carbocycles. The highest BCUT2D eigenvalue weighted by Gasteiger charge is 2.22. The lowest BCUT2D eigenvalue weighted by atomic mass is 9.77. The molecule has 1 fully saturated rings. The van der Waals surface area contributed by atoms with Gasteiger partial charge in [0, 0.05) is 0 Å². The van der Waals surface area contributed by atoms with Crippen molar-refractivity contribution in [1.82, 2.24) is 0 Å². The smallest absolute Gasteiger partial charge is 0.0162 e. The molecule has 0 N–H and O–H groups in total. The van der Waals surface area contributed by atoms with Crippen LogP contribution in [-0.4, -0.2) is 0 Å². The number of rotatable bonds is 8. The van der Waals surface area contributed by atoms with Crippen LogP contribution in [0, 0.1) is 11.8 Å². The molecule has 0 heterocycles. The Labute approximate surface area is 190 Å². The summed E-state index contributed by atoms with van der Waals surface area (Å²) in [5.41, 5.74) is 7.49. The van der Waals surface area contributed by atoms with Gasteiger partial charge in [-0.05, 0) is 123 Å². The van der Waals surface area contributed by atoms with Crippen LogP contribution in [0.4, 0.5) is 0 Å². The van der Waals surface area contributed by atoms with E-state index in [1.54, 1.807) is 16.7 Å². The third-order valence-corrected chi connectivity index (χ3v) is 7.86. The molecule has 1 saturated carbocycles. The summed E-state index contributed by atoms with van der Waals surface area (Å²) < 4.78 is 0. The summed E-state index contributed by atoms with van der Waals surface area (Å²) in [6.07, 6.45) is 21.0. The number of benzene rings is 2. The van der Waals surface area contributed by atoms with Gasteiger partial charge in [-0.25, -0.2) is 0 Å². The second-order valence-corrected chi connectivity index (χ2v) is 9.94. The Balaban J connectivity index is 1.36. The Morgan fingerprint density at radius 1 is 0.806 bits per heavy atom. The first-order valence-corrected chi connectivity index (χ1v) is 12.7. The zero-order chi connectivity index (χ0) is 21.5. The van der Waals surface area contributed by atoms with E-state index in [0.29, 0.717) is 0 Å². The Morgan fingerprint density at radius 2 is 1.55 bits per heavy atom. The van der Waals surface area contributed by atoms with E-state index in [1.807, 2.05) is 0 Å². The highest BCUT2D eigenvalue weighted by atomic mass is 14.3. The van der Waals surface area contributed by atoms with Crippen LogP contribution in [0.3, 0.4) is 0 Å². The summed E-state index contributed by atoms with van der Waals surface area (Å²) in [4.78, 5) is 0. The fourth-order valence-corrected chi connectivity index (χ4v) is 5.84. The van der Waals surface area contributed by atoms with Crippen molar-refractivity contribution in [3.63, 3.8) is 0 Å². The summed E-state index contributed by atoms with van der Waals surface area (Å²) in [6.45, 7) is 6.00. The van der Waals surface area contributed by atoms with E-state index in [1.165, 1.54) is 81.8 Å². The molecule has 0 saturated heterocycles. The summed E-state index contributed by atoms with van der Waals surface area (Å²) >= 11 is 0. The molecular weight excluding hydrogens is 372 g/mol. The monoisotopic (exact) mass is 412 g/mol. The van der Waals surface area contributed by atoms with Crippen LogP contribution in [0.15, 0.2) is 67.3 Å². The molecule has 31 heavy (non-hydrogen) atoms. The molecule has 0 nitrogen and oxygen atoms in total. The predicted molar refractivity (Wildman–Crippen MR) is 136 cm³/mol. The maximum absolute atomic E-state index is 3.88. The minimum absolute atomic E-state index is 0.761. The molecule has 0 aliphatic heterocycles. The Hall–Kier alpha value is -2.08. The van der Waals surface area contributed by atoms with E-state index in [-0.39, 0.29) is 0 Å². The molecule has 0 amide bonds. The van der Waals surface area contributed by atoms with E-state index in [0.717, 1.165) is 17.8 Å². The maximum atomic E-state index is 3.88. The number of hydrogen-bond acceptors (Lipinski definition) is 0. The predicted octanol–water partition coefficient (Wildman–Crippen LogP) is 9.05. The van der Waals surface area contributed by atoms with Gasteiger partial charge in [-0.15, -0.1) is 6.58 Å². The van der Waals surface area contributed by atoms with E-state index >= 15 is 0 Å². The number of fused-ring (bicyclic) bond motifs is 1. The van der Waals surface area contributed by atoms with Crippen molar-refractivity contribution in [2.45, 2.75) is 83.5 Å². The SMILES string of the molecule is C=CCCC1CCC(c2ccc(-c3ccc4c(c3)CCC(CC/C=C/C)C4)cc2)CC1. The molecule has 0 radical (unpaired) electrons. The largest absolute Gasteiger partial charge is 0.103 e. The zero-order valence-corrected chi connectivity index (χ0v) is 19.5. The molecule has 0 bridgehead atoms. The van der Waals surface area contributed by atoms with E-state index in [4.69, 9.17) is 0 Å². The molecular formula is C31H40. The number of aryl methyl sites for hydroxylation is 1. The minimum atomic E-state index is 0.761. The van der Waals surface area contributed by atoms with Gasteiger partial charge in [0.25, 0.3) is 0 Å². The van der Waals surface area contributed by atoms with Crippen LogP contribution < -0.4 is 0 Å². The third kappa shape index (κ3) is 5.79. The topological polar surface area (TPSA) is 0 Å². The number of allylic oxidation sites excluding steroid dienone is 3. The first kappa shape index (κ1) is 22.1. The molecule has 4 rings (SSSR count). The molecule has 2 aromatic rings. The normalized spacial score (nSPS) is 23.6. The summed E-state index contributed by atoms with van der Waals surface area (Å²) in [6, 6.07) is 16.8. The van der Waals surface area contributed by atoms with Gasteiger partial charge in [-0.3, -0.25) is 0 Å². The molecule has 0 heteroatoms. The average molecular weight is 413 g/mol. The molecule has 2 aliphatic carbocycles. The van der Waals surface area contributed by atoms with Crippen molar-refractivity contribution in [3.8, 4) is 11.1 Å². The van der Waals surface area contributed by atoms with Gasteiger partial charge >= 0.3 is 0 Å². The fourth-order valence-electron chi connectivity index (χ4n) is 5.84. The van der Waals surface area contributed by atoms with Crippen molar-refractivity contribution >= 4 is 0 Å². The molecule has 0 spiro atoms. The molecule has 1 unspecified atom stereocenters. The van der Waals surface area contributed by atoms with Gasteiger partial charge in [-0.2, -0.15) is 0 Å². The van der Waals surface area contributed by atoms with Gasteiger partial charge in [0.2, 0.25) is 0 Å². The highest BCUT2D eigenvalue weighted by Crippen LogP contribution is 2.38. The summed E-state index contributed by atoms with van der Waals surface area (Å²) in [5.74, 6) is 2.55. The second-order valence-electron chi connectivity index (χ2n) is 9.94. The van der Waals surface area contributed by atoms with Crippen LogP contribution in [0.5, 0.6) is 0 Å². The summed E-state index contributed by atoms with van der Waals surface area (Å²) in [7, 11) is 0. The van der Waals surface area contributed by atoms with Gasteiger partial charge in [0.05, 0.1) is 0 Å².